The van der Waals surface area contributed by atoms with E-state index in [1.165, 1.54) is 21.3 Å². The molecular formula is C13H16O6. The number of ether oxygens (including phenoxy) is 4. The van der Waals surface area contributed by atoms with Crippen molar-refractivity contribution in [3.05, 3.63) is 17.7 Å². The second-order valence-corrected chi connectivity index (χ2v) is 4.29. The first-order chi connectivity index (χ1) is 9.08. The third kappa shape index (κ3) is 1.98. The fourth-order valence-electron chi connectivity index (χ4n) is 2.10. The Morgan fingerprint density at radius 1 is 1.11 bits per heavy atom. The molecule has 1 aromatic rings. The van der Waals surface area contributed by atoms with E-state index in [1.807, 2.05) is 0 Å². The van der Waals surface area contributed by atoms with Gasteiger partial charge in [0.15, 0.2) is 11.5 Å². The molecule has 0 amide bonds. The van der Waals surface area contributed by atoms with Gasteiger partial charge < -0.3 is 24.1 Å². The Morgan fingerprint density at radius 3 is 2.00 bits per heavy atom. The number of aliphatic carboxylic acids is 1. The minimum Gasteiger partial charge on any atom is -0.496 e. The van der Waals surface area contributed by atoms with E-state index in [9.17, 15) is 9.90 Å². The van der Waals surface area contributed by atoms with Gasteiger partial charge in [-0.3, -0.25) is 4.79 Å². The minimum absolute atomic E-state index is 0.119. The largest absolute Gasteiger partial charge is 0.496 e. The molecule has 0 aliphatic carbocycles. The molecule has 6 nitrogen and oxygen atoms in total. The lowest BCUT2D eigenvalue weighted by molar-refractivity contribution is -0.163. The molecule has 0 radical (unpaired) electrons. The van der Waals surface area contributed by atoms with Crippen LogP contribution in [0.4, 0.5) is 0 Å². The van der Waals surface area contributed by atoms with Crippen LogP contribution in [0.25, 0.3) is 0 Å². The Morgan fingerprint density at radius 2 is 1.63 bits per heavy atom. The predicted molar refractivity (Wildman–Crippen MR) is 66.2 cm³/mol. The third-order valence-electron chi connectivity index (χ3n) is 3.33. The molecule has 0 bridgehead atoms. The number of hydrogen-bond acceptors (Lipinski definition) is 5. The average Bonchev–Trinajstić information content (AvgIpc) is 2.36. The van der Waals surface area contributed by atoms with Gasteiger partial charge in [-0.15, -0.1) is 0 Å². The second kappa shape index (κ2) is 4.97. The fraction of sp³-hybridized carbons (Fsp3) is 0.462. The Hall–Kier alpha value is -1.95. The number of methoxy groups -OCH3 is 3. The van der Waals surface area contributed by atoms with Gasteiger partial charge in [0, 0.05) is 11.6 Å². The number of carboxylic acids is 1. The summed E-state index contributed by atoms with van der Waals surface area (Å²) >= 11 is 0. The first-order valence-electron chi connectivity index (χ1n) is 5.70. The molecule has 1 aliphatic rings. The van der Waals surface area contributed by atoms with Crippen molar-refractivity contribution in [2.24, 2.45) is 0 Å². The van der Waals surface area contributed by atoms with Gasteiger partial charge in [-0.25, -0.2) is 0 Å². The van der Waals surface area contributed by atoms with Crippen LogP contribution in [0.3, 0.4) is 0 Å². The van der Waals surface area contributed by atoms with Gasteiger partial charge >= 0.3 is 5.97 Å². The first kappa shape index (κ1) is 13.5. The summed E-state index contributed by atoms with van der Waals surface area (Å²) in [4.78, 5) is 11.5. The van der Waals surface area contributed by atoms with Crippen LogP contribution in [0.15, 0.2) is 12.1 Å². The van der Waals surface area contributed by atoms with Crippen LogP contribution in [0, 0.1) is 0 Å². The quantitative estimate of drug-likeness (QED) is 0.861. The monoisotopic (exact) mass is 268 g/mol. The lowest BCUT2D eigenvalue weighted by atomic mass is 9.78. The van der Waals surface area contributed by atoms with Gasteiger partial charge in [-0.1, -0.05) is 0 Å². The molecule has 0 unspecified atom stereocenters. The molecule has 1 aliphatic heterocycles. The predicted octanol–water partition coefficient (Wildman–Crippen LogP) is 1.06. The lowest BCUT2D eigenvalue weighted by Gasteiger charge is -2.38. The van der Waals surface area contributed by atoms with E-state index >= 15 is 0 Å². The summed E-state index contributed by atoms with van der Waals surface area (Å²) in [6.07, 6.45) is 0. The normalized spacial score (nSPS) is 16.4. The Labute approximate surface area is 110 Å². The highest BCUT2D eigenvalue weighted by molar-refractivity contribution is 5.84. The highest BCUT2D eigenvalue weighted by Crippen LogP contribution is 2.43. The van der Waals surface area contributed by atoms with Crippen LogP contribution in [0.5, 0.6) is 17.2 Å². The maximum Gasteiger partial charge on any atom is 0.319 e. The summed E-state index contributed by atoms with van der Waals surface area (Å²) in [7, 11) is 4.50. The molecule has 1 heterocycles. The van der Waals surface area contributed by atoms with Crippen LogP contribution < -0.4 is 14.2 Å². The second-order valence-electron chi connectivity index (χ2n) is 4.29. The molecule has 19 heavy (non-hydrogen) atoms. The summed E-state index contributed by atoms with van der Waals surface area (Å²) in [5, 5.41) is 9.44. The van der Waals surface area contributed by atoms with Crippen LogP contribution >= 0.6 is 0 Å². The Kier molecular flexibility index (Phi) is 3.53. The number of carboxylic acid groups (broad SMARTS) is 1. The zero-order valence-electron chi connectivity index (χ0n) is 11.1. The van der Waals surface area contributed by atoms with Gasteiger partial charge in [0.1, 0.15) is 11.2 Å². The molecule has 1 N–H and O–H groups in total. The standard InChI is InChI=1S/C13H16O6/c1-16-9-5-11(18-3)10(17-2)4-8(9)13(12(14)15)6-19-7-13/h4-5H,6-7H2,1-3H3,(H,14,15). The van der Waals surface area contributed by atoms with Gasteiger partial charge in [0.2, 0.25) is 0 Å². The molecule has 104 valence electrons. The SMILES string of the molecule is COc1cc(OC)c(C2(C(=O)O)COC2)cc1OC. The maximum absolute atomic E-state index is 11.5. The van der Waals surface area contributed by atoms with Crippen LogP contribution in [-0.2, 0) is 14.9 Å². The van der Waals surface area contributed by atoms with Crippen molar-refractivity contribution in [1.82, 2.24) is 0 Å². The Bertz CT molecular complexity index is 492. The van der Waals surface area contributed by atoms with Crippen molar-refractivity contribution in [1.29, 1.82) is 0 Å². The summed E-state index contributed by atoms with van der Waals surface area (Å²) in [5.41, 5.74) is -0.545. The Balaban J connectivity index is 2.58. The van der Waals surface area contributed by atoms with E-state index in [0.717, 1.165) is 0 Å². The highest BCUT2D eigenvalue weighted by Gasteiger charge is 2.50. The number of carbonyl (C=O) groups is 1. The molecule has 2 rings (SSSR count). The average molecular weight is 268 g/mol. The molecule has 0 saturated carbocycles. The number of benzene rings is 1. The van der Waals surface area contributed by atoms with Crippen molar-refractivity contribution in [2.75, 3.05) is 34.5 Å². The minimum atomic E-state index is -1.08. The van der Waals surface area contributed by atoms with E-state index < -0.39 is 11.4 Å². The van der Waals surface area contributed by atoms with Crippen LogP contribution in [0.1, 0.15) is 5.56 Å². The molecule has 1 aromatic carbocycles. The van der Waals surface area contributed by atoms with Crippen molar-refractivity contribution < 1.29 is 28.8 Å². The van der Waals surface area contributed by atoms with E-state index in [4.69, 9.17) is 18.9 Å². The van der Waals surface area contributed by atoms with Crippen molar-refractivity contribution >= 4 is 5.97 Å². The van der Waals surface area contributed by atoms with Crippen molar-refractivity contribution in [3.8, 4) is 17.2 Å². The van der Waals surface area contributed by atoms with Crippen LogP contribution in [0.2, 0.25) is 0 Å². The summed E-state index contributed by atoms with van der Waals surface area (Å²) < 4.78 is 20.7. The van der Waals surface area contributed by atoms with Gasteiger partial charge in [-0.05, 0) is 6.07 Å². The van der Waals surface area contributed by atoms with E-state index in [0.29, 0.717) is 22.8 Å². The number of hydrogen-bond donors (Lipinski definition) is 1. The molecule has 0 aromatic heterocycles. The highest BCUT2D eigenvalue weighted by atomic mass is 16.5. The molecule has 6 heteroatoms. The number of rotatable bonds is 5. The maximum atomic E-state index is 11.5. The summed E-state index contributed by atoms with van der Waals surface area (Å²) in [6, 6.07) is 3.26. The van der Waals surface area contributed by atoms with Gasteiger partial charge in [-0.2, -0.15) is 0 Å². The zero-order valence-corrected chi connectivity index (χ0v) is 11.1. The molecule has 0 atom stereocenters. The molecular weight excluding hydrogens is 252 g/mol. The first-order valence-corrected chi connectivity index (χ1v) is 5.70. The van der Waals surface area contributed by atoms with E-state index in [-0.39, 0.29) is 13.2 Å². The smallest absolute Gasteiger partial charge is 0.319 e. The molecule has 1 saturated heterocycles. The van der Waals surface area contributed by atoms with E-state index in [2.05, 4.69) is 0 Å². The van der Waals surface area contributed by atoms with Gasteiger partial charge in [0.25, 0.3) is 0 Å². The lowest BCUT2D eigenvalue weighted by Crippen LogP contribution is -2.53. The van der Waals surface area contributed by atoms with Crippen LogP contribution in [-0.4, -0.2) is 45.6 Å². The zero-order chi connectivity index (χ0) is 14.0. The summed E-state index contributed by atoms with van der Waals surface area (Å²) in [5.74, 6) is 0.460. The molecule has 1 fully saturated rings. The topological polar surface area (TPSA) is 74.2 Å². The molecule has 0 spiro atoms. The van der Waals surface area contributed by atoms with Crippen molar-refractivity contribution in [3.63, 3.8) is 0 Å². The third-order valence-corrected chi connectivity index (χ3v) is 3.33. The van der Waals surface area contributed by atoms with E-state index in [1.54, 1.807) is 12.1 Å². The van der Waals surface area contributed by atoms with Crippen molar-refractivity contribution in [2.45, 2.75) is 5.41 Å². The van der Waals surface area contributed by atoms with Gasteiger partial charge in [0.05, 0.1) is 34.5 Å². The fourth-order valence-corrected chi connectivity index (χ4v) is 2.10. The summed E-state index contributed by atoms with van der Waals surface area (Å²) in [6.45, 7) is 0.238.